The maximum Gasteiger partial charge on any atom is 0.269 e. The lowest BCUT2D eigenvalue weighted by Crippen LogP contribution is -2.63. The number of hydrogen-bond donors (Lipinski definition) is 1. The number of fused-ring (bicyclic) bond motifs is 1. The van der Waals surface area contributed by atoms with Crippen LogP contribution in [0.3, 0.4) is 0 Å². The third-order valence-corrected chi connectivity index (χ3v) is 5.66. The zero-order valence-corrected chi connectivity index (χ0v) is 13.0. The van der Waals surface area contributed by atoms with Crippen LogP contribution < -0.4 is 0 Å². The first kappa shape index (κ1) is 15.4. The molecule has 22 heavy (non-hydrogen) atoms. The van der Waals surface area contributed by atoms with E-state index < -0.39 is 0 Å². The van der Waals surface area contributed by atoms with Gasteiger partial charge in [-0.1, -0.05) is 0 Å². The molecular formula is C17H25N2O3+. The van der Waals surface area contributed by atoms with Crippen LogP contribution in [-0.2, 0) is 6.54 Å². The lowest BCUT2D eigenvalue weighted by Gasteiger charge is -2.53. The van der Waals surface area contributed by atoms with Crippen LogP contribution in [0.15, 0.2) is 24.3 Å². The first-order valence-corrected chi connectivity index (χ1v) is 8.34. The fraction of sp³-hybridized carbons (Fsp3) is 0.647. The van der Waals surface area contributed by atoms with Gasteiger partial charge in [-0.05, 0) is 37.8 Å². The van der Waals surface area contributed by atoms with E-state index in [1.54, 1.807) is 12.1 Å². The average molecular weight is 305 g/mol. The summed E-state index contributed by atoms with van der Waals surface area (Å²) < 4.78 is 1.07. The van der Waals surface area contributed by atoms with Crippen molar-refractivity contribution < 1.29 is 14.5 Å². The minimum atomic E-state index is -0.345. The number of benzene rings is 1. The van der Waals surface area contributed by atoms with Gasteiger partial charge in [-0.3, -0.25) is 10.1 Å². The zero-order valence-electron chi connectivity index (χ0n) is 13.0. The molecule has 5 heteroatoms. The second-order valence-corrected chi connectivity index (χ2v) is 6.90. The monoisotopic (exact) mass is 305 g/mol. The fourth-order valence-corrected chi connectivity index (χ4v) is 4.62. The molecule has 3 unspecified atom stereocenters. The van der Waals surface area contributed by atoms with Gasteiger partial charge >= 0.3 is 0 Å². The Morgan fingerprint density at radius 2 is 1.86 bits per heavy atom. The van der Waals surface area contributed by atoms with Crippen molar-refractivity contribution in [3.8, 4) is 0 Å². The van der Waals surface area contributed by atoms with Gasteiger partial charge in [-0.2, -0.15) is 0 Å². The number of aliphatic hydroxyl groups excluding tert-OH is 1. The normalized spacial score (nSPS) is 31.5. The number of nitro benzene ring substituents is 1. The molecule has 0 radical (unpaired) electrons. The van der Waals surface area contributed by atoms with Gasteiger partial charge in [0.05, 0.1) is 30.7 Å². The lowest BCUT2D eigenvalue weighted by molar-refractivity contribution is -0.976. The Hall–Kier alpha value is -1.46. The highest BCUT2D eigenvalue weighted by Gasteiger charge is 2.46. The van der Waals surface area contributed by atoms with E-state index >= 15 is 0 Å². The molecule has 0 aromatic heterocycles. The Balaban J connectivity index is 1.82. The van der Waals surface area contributed by atoms with Crippen LogP contribution in [-0.4, -0.2) is 40.3 Å². The molecule has 1 aromatic rings. The van der Waals surface area contributed by atoms with E-state index in [0.29, 0.717) is 18.6 Å². The van der Waals surface area contributed by atoms with Gasteiger partial charge < -0.3 is 9.59 Å². The third kappa shape index (κ3) is 2.88. The predicted octanol–water partition coefficient (Wildman–Crippen LogP) is 2.87. The smallest absolute Gasteiger partial charge is 0.269 e. The molecule has 3 atom stereocenters. The van der Waals surface area contributed by atoms with E-state index in [0.717, 1.165) is 17.4 Å². The number of non-ortho nitro benzene ring substituents is 1. The summed E-state index contributed by atoms with van der Waals surface area (Å²) in [5, 5.41) is 20.5. The summed E-state index contributed by atoms with van der Waals surface area (Å²) in [4.78, 5) is 10.4. The minimum Gasteiger partial charge on any atom is -0.396 e. The second kappa shape index (κ2) is 6.34. The molecule has 2 aliphatic heterocycles. The lowest BCUT2D eigenvalue weighted by atomic mass is 9.81. The van der Waals surface area contributed by atoms with E-state index in [1.807, 2.05) is 12.1 Å². The van der Waals surface area contributed by atoms with Gasteiger partial charge in [0.25, 0.3) is 5.69 Å². The Morgan fingerprint density at radius 3 is 2.55 bits per heavy atom. The summed E-state index contributed by atoms with van der Waals surface area (Å²) in [5.74, 6) is 0.423. The number of aliphatic hydroxyl groups is 1. The molecule has 2 fully saturated rings. The van der Waals surface area contributed by atoms with Crippen LogP contribution >= 0.6 is 0 Å². The van der Waals surface area contributed by atoms with E-state index in [4.69, 9.17) is 0 Å². The molecule has 2 saturated heterocycles. The molecule has 3 rings (SSSR count). The summed E-state index contributed by atoms with van der Waals surface area (Å²) in [5.41, 5.74) is 1.34. The topological polar surface area (TPSA) is 63.4 Å². The van der Waals surface area contributed by atoms with Crippen molar-refractivity contribution in [3.05, 3.63) is 39.9 Å². The Morgan fingerprint density at radius 1 is 1.14 bits per heavy atom. The zero-order chi connectivity index (χ0) is 15.6. The van der Waals surface area contributed by atoms with E-state index in [-0.39, 0.29) is 10.6 Å². The van der Waals surface area contributed by atoms with Gasteiger partial charge in [-0.15, -0.1) is 0 Å². The van der Waals surface area contributed by atoms with E-state index in [9.17, 15) is 15.2 Å². The van der Waals surface area contributed by atoms with Gasteiger partial charge in [0.2, 0.25) is 0 Å². The van der Waals surface area contributed by atoms with Gasteiger partial charge in [-0.25, -0.2) is 0 Å². The van der Waals surface area contributed by atoms with E-state index in [2.05, 4.69) is 0 Å². The van der Waals surface area contributed by atoms with Crippen molar-refractivity contribution in [2.24, 2.45) is 5.92 Å². The summed E-state index contributed by atoms with van der Waals surface area (Å²) in [6.07, 6.45) is 6.04. The largest absolute Gasteiger partial charge is 0.396 e. The molecule has 2 heterocycles. The molecule has 1 aromatic carbocycles. The number of rotatable bonds is 4. The Labute approximate surface area is 131 Å². The number of nitro groups is 1. The van der Waals surface area contributed by atoms with Crippen molar-refractivity contribution in [3.63, 3.8) is 0 Å². The second-order valence-electron chi connectivity index (χ2n) is 6.90. The molecule has 0 spiro atoms. The van der Waals surface area contributed by atoms with Crippen LogP contribution in [0.2, 0.25) is 0 Å². The number of quaternary nitrogens is 1. The van der Waals surface area contributed by atoms with Gasteiger partial charge in [0.15, 0.2) is 0 Å². The Bertz CT molecular complexity index is 527. The minimum absolute atomic E-state index is 0.158. The molecule has 0 bridgehead atoms. The maximum atomic E-state index is 10.8. The molecular weight excluding hydrogens is 280 g/mol. The first-order valence-electron chi connectivity index (χ1n) is 8.34. The van der Waals surface area contributed by atoms with Crippen molar-refractivity contribution in [1.82, 2.24) is 0 Å². The molecule has 1 N–H and O–H groups in total. The summed E-state index contributed by atoms with van der Waals surface area (Å²) >= 11 is 0. The summed E-state index contributed by atoms with van der Waals surface area (Å²) in [7, 11) is 0. The highest BCUT2D eigenvalue weighted by Crippen LogP contribution is 2.39. The van der Waals surface area contributed by atoms with Gasteiger partial charge in [0, 0.05) is 30.0 Å². The van der Waals surface area contributed by atoms with Crippen LogP contribution in [0, 0.1) is 16.0 Å². The molecule has 0 amide bonds. The maximum absolute atomic E-state index is 10.8. The van der Waals surface area contributed by atoms with E-state index in [1.165, 1.54) is 44.3 Å². The highest BCUT2D eigenvalue weighted by molar-refractivity contribution is 5.32. The molecule has 5 nitrogen and oxygen atoms in total. The van der Waals surface area contributed by atoms with Crippen molar-refractivity contribution in [2.75, 3.05) is 19.7 Å². The fourth-order valence-electron chi connectivity index (χ4n) is 4.62. The van der Waals surface area contributed by atoms with Crippen molar-refractivity contribution in [1.29, 1.82) is 0 Å². The number of piperidine rings is 2. The van der Waals surface area contributed by atoms with Crippen LogP contribution in [0.5, 0.6) is 0 Å². The summed E-state index contributed by atoms with van der Waals surface area (Å²) in [6.45, 7) is 3.60. The number of hydrogen-bond acceptors (Lipinski definition) is 3. The van der Waals surface area contributed by atoms with Crippen molar-refractivity contribution >= 4 is 5.69 Å². The van der Waals surface area contributed by atoms with Crippen LogP contribution in [0.4, 0.5) is 5.69 Å². The molecule has 2 aliphatic rings. The first-order chi connectivity index (χ1) is 10.6. The molecule has 120 valence electrons. The predicted molar refractivity (Wildman–Crippen MR) is 84.2 cm³/mol. The van der Waals surface area contributed by atoms with Crippen molar-refractivity contribution in [2.45, 2.75) is 44.7 Å². The molecule has 0 saturated carbocycles. The van der Waals surface area contributed by atoms with Gasteiger partial charge in [0.1, 0.15) is 6.54 Å². The SMILES string of the molecule is O=[N+]([O-])c1ccc(C[N+]23CCCCC2C(CO)CCC3)cc1. The summed E-state index contributed by atoms with van der Waals surface area (Å²) in [6, 6.07) is 7.58. The van der Waals surface area contributed by atoms with Crippen LogP contribution in [0.25, 0.3) is 0 Å². The van der Waals surface area contributed by atoms with Crippen LogP contribution in [0.1, 0.15) is 37.7 Å². The standard InChI is InChI=1S/C17H25N2O3/c20-13-15-4-3-11-19(10-2-1-5-17(15)19)12-14-6-8-16(9-7-14)18(21)22/h6-9,15,17,20H,1-5,10-13H2/q+1. The quantitative estimate of drug-likeness (QED) is 0.528. The average Bonchev–Trinajstić information content (AvgIpc) is 2.54. The third-order valence-electron chi connectivity index (χ3n) is 5.66. The number of nitrogens with zero attached hydrogens (tertiary/aromatic N) is 2. The molecule has 0 aliphatic carbocycles. The Kier molecular flexibility index (Phi) is 4.45. The highest BCUT2D eigenvalue weighted by atomic mass is 16.6.